The van der Waals surface area contributed by atoms with Crippen LogP contribution in [0.15, 0.2) is 24.5 Å². The molecule has 0 unspecified atom stereocenters. The molecule has 15 heteroatoms. The lowest BCUT2D eigenvalue weighted by molar-refractivity contribution is 0.0635. The van der Waals surface area contributed by atoms with Crippen LogP contribution in [0.1, 0.15) is 26.3 Å². The number of nitrogens with one attached hydrogen (secondary N) is 2. The van der Waals surface area contributed by atoms with Gasteiger partial charge in [0.15, 0.2) is 12.0 Å². The molecule has 2 aliphatic rings. The van der Waals surface area contributed by atoms with Crippen molar-refractivity contribution in [2.75, 3.05) is 48.8 Å². The molecule has 0 spiro atoms. The highest BCUT2D eigenvalue weighted by molar-refractivity contribution is 6.04. The first kappa shape index (κ1) is 30.7. The Bertz CT molecular complexity index is 1650. The lowest BCUT2D eigenvalue weighted by Crippen LogP contribution is -2.37. The standard InChI is InChI=1S/C29H32F2N6O7/c1-14-17(10-33-25-24(14)37(28(40)41)6-7-42-25)16-8-15-9-21(34-26(38)43-20-13-36(5)12-19(20)30)32-11-18(15)23(22(16)31)35-27(39)44-29(2,3)4/h8-11,19-20H,6-7,12-13H2,1-5H3,(H,35,39)(H,40,41)(H,32,34,38)/t19-,20-/m0/s1. The lowest BCUT2D eigenvalue weighted by atomic mass is 9.96. The quantitative estimate of drug-likeness (QED) is 0.358. The monoisotopic (exact) mass is 614 g/mol. The average Bonchev–Trinajstić information content (AvgIpc) is 3.24. The Hall–Kier alpha value is -4.79. The van der Waals surface area contributed by atoms with E-state index in [9.17, 15) is 23.9 Å². The summed E-state index contributed by atoms with van der Waals surface area (Å²) >= 11 is 0. The number of ether oxygens (including phenoxy) is 3. The Labute approximate surface area is 251 Å². The lowest BCUT2D eigenvalue weighted by Gasteiger charge is -2.29. The number of carboxylic acid groups (broad SMARTS) is 1. The van der Waals surface area contributed by atoms with Crippen LogP contribution in [0, 0.1) is 12.7 Å². The minimum atomic E-state index is -1.33. The van der Waals surface area contributed by atoms with E-state index in [1.54, 1.807) is 39.6 Å². The molecule has 1 fully saturated rings. The van der Waals surface area contributed by atoms with Crippen LogP contribution in [0.5, 0.6) is 5.88 Å². The second-order valence-corrected chi connectivity index (χ2v) is 11.6. The first-order chi connectivity index (χ1) is 20.7. The summed E-state index contributed by atoms with van der Waals surface area (Å²) in [6.45, 7) is 7.11. The highest BCUT2D eigenvalue weighted by Crippen LogP contribution is 2.42. The predicted molar refractivity (Wildman–Crippen MR) is 157 cm³/mol. The van der Waals surface area contributed by atoms with Crippen LogP contribution >= 0.6 is 0 Å². The number of aromatic nitrogens is 2. The Balaban J connectivity index is 1.58. The third-order valence-corrected chi connectivity index (χ3v) is 7.07. The molecule has 0 saturated carbocycles. The summed E-state index contributed by atoms with van der Waals surface area (Å²) in [5.41, 5.74) is -0.386. The summed E-state index contributed by atoms with van der Waals surface area (Å²) in [5, 5.41) is 15.2. The molecule has 1 aromatic carbocycles. The summed E-state index contributed by atoms with van der Waals surface area (Å²) in [5.74, 6) is -0.741. The van der Waals surface area contributed by atoms with E-state index in [0.29, 0.717) is 10.9 Å². The van der Waals surface area contributed by atoms with E-state index in [0.717, 1.165) is 4.90 Å². The highest BCUT2D eigenvalue weighted by atomic mass is 19.1. The van der Waals surface area contributed by atoms with Crippen molar-refractivity contribution in [3.8, 4) is 17.0 Å². The van der Waals surface area contributed by atoms with Crippen molar-refractivity contribution in [3.63, 3.8) is 0 Å². The maximum atomic E-state index is 16.3. The van der Waals surface area contributed by atoms with Gasteiger partial charge in [-0.15, -0.1) is 0 Å². The molecule has 2 aromatic heterocycles. The molecule has 1 saturated heterocycles. The number of alkyl halides is 1. The van der Waals surface area contributed by atoms with Crippen molar-refractivity contribution in [3.05, 3.63) is 35.9 Å². The zero-order valence-corrected chi connectivity index (χ0v) is 24.7. The largest absolute Gasteiger partial charge is 0.474 e. The summed E-state index contributed by atoms with van der Waals surface area (Å²) in [6, 6.07) is 2.89. The van der Waals surface area contributed by atoms with Crippen LogP contribution in [0.25, 0.3) is 21.9 Å². The number of halogens is 2. The van der Waals surface area contributed by atoms with Crippen molar-refractivity contribution < 1.29 is 42.5 Å². The van der Waals surface area contributed by atoms with Crippen LogP contribution in [0.4, 0.5) is 40.4 Å². The molecular formula is C29H32F2N6O7. The number of amides is 3. The maximum absolute atomic E-state index is 16.3. The highest BCUT2D eigenvalue weighted by Gasteiger charge is 2.34. The maximum Gasteiger partial charge on any atom is 0.413 e. The van der Waals surface area contributed by atoms with Gasteiger partial charge in [0.1, 0.15) is 29.8 Å². The number of likely N-dealkylation sites (N-methyl/N-ethyl adjacent to an activating group) is 1. The van der Waals surface area contributed by atoms with E-state index < -0.39 is 42.0 Å². The van der Waals surface area contributed by atoms with Gasteiger partial charge in [0.05, 0.1) is 12.2 Å². The topological polar surface area (TPSA) is 155 Å². The molecule has 234 valence electrons. The smallest absolute Gasteiger partial charge is 0.413 e. The molecule has 4 heterocycles. The molecule has 3 amide bonds. The van der Waals surface area contributed by atoms with Crippen LogP contribution in [-0.4, -0.2) is 89.4 Å². The van der Waals surface area contributed by atoms with Gasteiger partial charge in [0.25, 0.3) is 0 Å². The van der Waals surface area contributed by atoms with Crippen LogP contribution < -0.4 is 20.3 Å². The second kappa shape index (κ2) is 11.7. The van der Waals surface area contributed by atoms with Crippen molar-refractivity contribution in [2.24, 2.45) is 0 Å². The molecule has 0 radical (unpaired) electrons. The number of nitrogens with zero attached hydrogens (tertiary/aromatic N) is 4. The van der Waals surface area contributed by atoms with Gasteiger partial charge in [-0.25, -0.2) is 33.1 Å². The number of carbonyl (C=O) groups is 3. The molecule has 0 bridgehead atoms. The van der Waals surface area contributed by atoms with Crippen LogP contribution in [-0.2, 0) is 9.47 Å². The van der Waals surface area contributed by atoms with Gasteiger partial charge in [-0.3, -0.25) is 20.4 Å². The molecule has 13 nitrogen and oxygen atoms in total. The minimum absolute atomic E-state index is 0.0239. The van der Waals surface area contributed by atoms with Crippen molar-refractivity contribution >= 4 is 46.2 Å². The Morgan fingerprint density at radius 1 is 1.09 bits per heavy atom. The minimum Gasteiger partial charge on any atom is -0.474 e. The first-order valence-corrected chi connectivity index (χ1v) is 13.8. The van der Waals surface area contributed by atoms with Gasteiger partial charge < -0.3 is 19.3 Å². The Morgan fingerprint density at radius 3 is 2.50 bits per heavy atom. The second-order valence-electron chi connectivity index (χ2n) is 11.6. The van der Waals surface area contributed by atoms with Crippen LogP contribution in [0.3, 0.4) is 0 Å². The normalized spacial score (nSPS) is 18.4. The van der Waals surface area contributed by atoms with E-state index in [1.165, 1.54) is 24.5 Å². The number of anilines is 3. The van der Waals surface area contributed by atoms with Gasteiger partial charge in [-0.1, -0.05) is 0 Å². The Morgan fingerprint density at radius 2 is 1.84 bits per heavy atom. The fraction of sp³-hybridized carbons (Fsp3) is 0.414. The SMILES string of the molecule is Cc1c(-c2cc3cc(NC(=O)O[C@H]4CN(C)C[C@@H]4F)ncc3c(NC(=O)OC(C)(C)C)c2F)cnc2c1N(C(=O)O)CCO2. The molecule has 5 rings (SSSR count). The number of pyridine rings is 2. The summed E-state index contributed by atoms with van der Waals surface area (Å²) < 4.78 is 46.6. The van der Waals surface area contributed by atoms with Gasteiger partial charge in [0, 0.05) is 42.0 Å². The van der Waals surface area contributed by atoms with E-state index in [2.05, 4.69) is 20.6 Å². The van der Waals surface area contributed by atoms with Gasteiger partial charge in [0.2, 0.25) is 5.88 Å². The number of carbonyl (C=O) groups excluding carboxylic acids is 2. The Kier molecular flexibility index (Phi) is 8.16. The van der Waals surface area contributed by atoms with Gasteiger partial charge in [-0.2, -0.15) is 0 Å². The third kappa shape index (κ3) is 6.27. The fourth-order valence-corrected chi connectivity index (χ4v) is 5.16. The zero-order valence-electron chi connectivity index (χ0n) is 24.7. The van der Waals surface area contributed by atoms with E-state index in [-0.39, 0.29) is 65.8 Å². The predicted octanol–water partition coefficient (Wildman–Crippen LogP) is 5.17. The number of likely N-dealkylation sites (tertiary alicyclic amines) is 1. The molecule has 2 atom stereocenters. The molecule has 3 N–H and O–H groups in total. The van der Waals surface area contributed by atoms with Gasteiger partial charge in [-0.05, 0) is 57.8 Å². The summed E-state index contributed by atoms with van der Waals surface area (Å²) in [7, 11) is 1.71. The fourth-order valence-electron chi connectivity index (χ4n) is 5.16. The van der Waals surface area contributed by atoms with Crippen molar-refractivity contribution in [1.82, 2.24) is 14.9 Å². The number of fused-ring (bicyclic) bond motifs is 2. The number of benzene rings is 1. The molecule has 0 aliphatic carbocycles. The summed E-state index contributed by atoms with van der Waals surface area (Å²) in [4.78, 5) is 48.4. The number of hydrogen-bond donors (Lipinski definition) is 3. The number of rotatable bonds is 4. The molecule has 3 aromatic rings. The van der Waals surface area contributed by atoms with E-state index in [4.69, 9.17) is 14.2 Å². The molecule has 2 aliphatic heterocycles. The summed E-state index contributed by atoms with van der Waals surface area (Å²) in [6.07, 6.45) is -2.74. The third-order valence-electron chi connectivity index (χ3n) is 7.07. The zero-order chi connectivity index (χ0) is 31.9. The first-order valence-electron chi connectivity index (χ1n) is 13.8. The van der Waals surface area contributed by atoms with Crippen molar-refractivity contribution in [1.29, 1.82) is 0 Å². The van der Waals surface area contributed by atoms with Crippen LogP contribution in [0.2, 0.25) is 0 Å². The average molecular weight is 615 g/mol. The molecular weight excluding hydrogens is 582 g/mol. The van der Waals surface area contributed by atoms with E-state index in [1.807, 2.05) is 0 Å². The van der Waals surface area contributed by atoms with Gasteiger partial charge >= 0.3 is 18.3 Å². The molecule has 44 heavy (non-hydrogen) atoms. The van der Waals surface area contributed by atoms with Crippen molar-refractivity contribution in [2.45, 2.75) is 45.6 Å². The van der Waals surface area contributed by atoms with E-state index >= 15 is 4.39 Å². The number of hydrogen-bond acceptors (Lipinski definition) is 9.